The van der Waals surface area contributed by atoms with E-state index in [2.05, 4.69) is 9.91 Å². The summed E-state index contributed by atoms with van der Waals surface area (Å²) in [6.45, 7) is 5.46. The Hall–Kier alpha value is -2.37. The number of rotatable bonds is 6. The molecule has 0 saturated carbocycles. The molecule has 6 nitrogen and oxygen atoms in total. The average molecular weight is 279 g/mol. The predicted octanol–water partition coefficient (Wildman–Crippen LogP) is 3.03. The Morgan fingerprint density at radius 1 is 1.30 bits per heavy atom. The maximum atomic E-state index is 11.4. The van der Waals surface area contributed by atoms with Crippen LogP contribution in [0.15, 0.2) is 35.1 Å². The minimum absolute atomic E-state index is 0.0247. The highest BCUT2D eigenvalue weighted by Crippen LogP contribution is 2.21. The number of esters is 1. The molecule has 1 rings (SSSR count). The number of aliphatic hydroxyl groups is 1. The van der Waals surface area contributed by atoms with Crippen LogP contribution in [0.2, 0.25) is 0 Å². The fourth-order valence-corrected chi connectivity index (χ4v) is 1.48. The first-order valence-electron chi connectivity index (χ1n) is 6.20. The molecule has 0 aliphatic carbocycles. The molecule has 1 aromatic rings. The maximum absolute atomic E-state index is 11.4. The summed E-state index contributed by atoms with van der Waals surface area (Å²) in [4.78, 5) is 22.1. The highest BCUT2D eigenvalue weighted by atomic mass is 16.5. The summed E-state index contributed by atoms with van der Waals surface area (Å²) in [5.41, 5.74) is -0.367. The number of hydrogen-bond acceptors (Lipinski definition) is 6. The lowest BCUT2D eigenvalue weighted by atomic mass is 10.1. The summed E-state index contributed by atoms with van der Waals surface area (Å²) in [7, 11) is 0. The SMILES string of the molecule is CCOC(=O)C(N=O)=C(O)c1ccc(OC(C)C)cc1. The Balaban J connectivity index is 3.02. The summed E-state index contributed by atoms with van der Waals surface area (Å²) in [5, 5.41) is 12.4. The molecule has 0 aliphatic rings. The molecule has 0 unspecified atom stereocenters. The molecule has 0 aliphatic heterocycles. The normalized spacial score (nSPS) is 11.8. The first-order valence-corrected chi connectivity index (χ1v) is 6.20. The van der Waals surface area contributed by atoms with Crippen molar-refractivity contribution in [2.24, 2.45) is 5.18 Å². The van der Waals surface area contributed by atoms with Crippen LogP contribution in [0.4, 0.5) is 0 Å². The van der Waals surface area contributed by atoms with Crippen LogP contribution in [-0.2, 0) is 9.53 Å². The number of hydrogen-bond donors (Lipinski definition) is 1. The predicted molar refractivity (Wildman–Crippen MR) is 74.2 cm³/mol. The largest absolute Gasteiger partial charge is 0.505 e. The van der Waals surface area contributed by atoms with Crippen LogP contribution in [-0.4, -0.2) is 23.8 Å². The third kappa shape index (κ3) is 4.08. The molecule has 6 heteroatoms. The molecule has 20 heavy (non-hydrogen) atoms. The van der Waals surface area contributed by atoms with Crippen LogP contribution >= 0.6 is 0 Å². The first-order chi connectivity index (χ1) is 9.49. The van der Waals surface area contributed by atoms with Gasteiger partial charge in [0.2, 0.25) is 5.70 Å². The van der Waals surface area contributed by atoms with Gasteiger partial charge in [-0.15, -0.1) is 4.91 Å². The summed E-state index contributed by atoms with van der Waals surface area (Å²) < 4.78 is 10.1. The second kappa shape index (κ2) is 7.28. The third-order valence-corrected chi connectivity index (χ3v) is 2.28. The Bertz CT molecular complexity index is 505. The van der Waals surface area contributed by atoms with Crippen LogP contribution in [0, 0.1) is 4.91 Å². The quantitative estimate of drug-likeness (QED) is 0.374. The summed E-state index contributed by atoms with van der Waals surface area (Å²) in [5.74, 6) is -0.856. The molecule has 0 radical (unpaired) electrons. The Morgan fingerprint density at radius 2 is 1.90 bits per heavy atom. The number of carbonyl (C=O) groups excluding carboxylic acids is 1. The second-order valence-corrected chi connectivity index (χ2v) is 4.20. The number of nitrogens with zero attached hydrogens (tertiary/aromatic N) is 1. The molecular formula is C14H17NO5. The summed E-state index contributed by atoms with van der Waals surface area (Å²) in [6, 6.07) is 6.30. The average Bonchev–Trinajstić information content (AvgIpc) is 2.40. The van der Waals surface area contributed by atoms with E-state index in [9.17, 15) is 14.8 Å². The zero-order valence-electron chi connectivity index (χ0n) is 11.6. The monoisotopic (exact) mass is 279 g/mol. The van der Waals surface area contributed by atoms with Crippen molar-refractivity contribution >= 4 is 11.7 Å². The molecule has 108 valence electrons. The standard InChI is InChI=1S/C14H17NO5/c1-4-19-14(17)12(15-18)13(16)10-5-7-11(8-6-10)20-9(2)3/h5-9,16H,4H2,1-3H3. The van der Waals surface area contributed by atoms with Gasteiger partial charge in [0, 0.05) is 5.56 Å². The van der Waals surface area contributed by atoms with Gasteiger partial charge in [0.25, 0.3) is 0 Å². The zero-order valence-corrected chi connectivity index (χ0v) is 11.6. The minimum Gasteiger partial charge on any atom is -0.505 e. The molecule has 0 amide bonds. The number of aliphatic hydroxyl groups excluding tert-OH is 1. The minimum atomic E-state index is -0.956. The van der Waals surface area contributed by atoms with Gasteiger partial charge in [0.1, 0.15) is 5.75 Å². The Labute approximate surface area is 117 Å². The molecule has 0 atom stereocenters. The molecule has 1 N–H and O–H groups in total. The van der Waals surface area contributed by atoms with Gasteiger partial charge in [-0.05, 0) is 50.2 Å². The van der Waals surface area contributed by atoms with E-state index < -0.39 is 17.4 Å². The van der Waals surface area contributed by atoms with Gasteiger partial charge in [0.05, 0.1) is 12.7 Å². The smallest absolute Gasteiger partial charge is 0.364 e. The molecule has 0 aromatic heterocycles. The van der Waals surface area contributed by atoms with Crippen molar-refractivity contribution in [1.82, 2.24) is 0 Å². The number of nitroso groups, excluding NO2 is 1. The first kappa shape index (κ1) is 15.7. The molecular weight excluding hydrogens is 262 g/mol. The van der Waals surface area contributed by atoms with E-state index in [4.69, 9.17) is 4.74 Å². The van der Waals surface area contributed by atoms with E-state index in [1.165, 1.54) is 12.1 Å². The fraction of sp³-hybridized carbons (Fsp3) is 0.357. The van der Waals surface area contributed by atoms with E-state index in [-0.39, 0.29) is 18.3 Å². The van der Waals surface area contributed by atoms with Crippen molar-refractivity contribution in [3.63, 3.8) is 0 Å². The van der Waals surface area contributed by atoms with E-state index in [0.29, 0.717) is 5.75 Å². The van der Waals surface area contributed by atoms with E-state index in [1.54, 1.807) is 19.1 Å². The van der Waals surface area contributed by atoms with Gasteiger partial charge in [-0.25, -0.2) is 4.79 Å². The van der Waals surface area contributed by atoms with Crippen LogP contribution in [0.3, 0.4) is 0 Å². The van der Waals surface area contributed by atoms with Gasteiger partial charge in [-0.3, -0.25) is 0 Å². The number of ether oxygens (including phenoxy) is 2. The second-order valence-electron chi connectivity index (χ2n) is 4.20. The van der Waals surface area contributed by atoms with Gasteiger partial charge in [-0.2, -0.15) is 0 Å². The fourth-order valence-electron chi connectivity index (χ4n) is 1.48. The van der Waals surface area contributed by atoms with E-state index in [0.717, 1.165) is 0 Å². The molecule has 0 heterocycles. The molecule has 0 saturated heterocycles. The Kier molecular flexibility index (Phi) is 5.71. The van der Waals surface area contributed by atoms with Crippen molar-refractivity contribution in [3.05, 3.63) is 40.4 Å². The van der Waals surface area contributed by atoms with Crippen LogP contribution in [0.5, 0.6) is 5.75 Å². The maximum Gasteiger partial charge on any atom is 0.364 e. The van der Waals surface area contributed by atoms with Gasteiger partial charge >= 0.3 is 5.97 Å². The highest BCUT2D eigenvalue weighted by Gasteiger charge is 2.19. The van der Waals surface area contributed by atoms with Crippen molar-refractivity contribution in [2.45, 2.75) is 26.9 Å². The molecule has 0 fully saturated rings. The van der Waals surface area contributed by atoms with Crippen LogP contribution in [0.1, 0.15) is 26.3 Å². The van der Waals surface area contributed by atoms with Gasteiger partial charge < -0.3 is 14.6 Å². The lowest BCUT2D eigenvalue weighted by molar-refractivity contribution is -0.138. The topological polar surface area (TPSA) is 85.2 Å². The van der Waals surface area contributed by atoms with Crippen LogP contribution in [0.25, 0.3) is 5.76 Å². The lowest BCUT2D eigenvalue weighted by Gasteiger charge is -2.10. The van der Waals surface area contributed by atoms with Gasteiger partial charge in [-0.1, -0.05) is 0 Å². The van der Waals surface area contributed by atoms with Crippen molar-refractivity contribution in [1.29, 1.82) is 0 Å². The summed E-state index contributed by atoms with van der Waals surface area (Å²) in [6.07, 6.45) is 0.0247. The van der Waals surface area contributed by atoms with E-state index in [1.807, 2.05) is 13.8 Å². The van der Waals surface area contributed by atoms with Crippen LogP contribution < -0.4 is 4.74 Å². The van der Waals surface area contributed by atoms with Crippen molar-refractivity contribution < 1.29 is 19.4 Å². The lowest BCUT2D eigenvalue weighted by Crippen LogP contribution is -2.08. The van der Waals surface area contributed by atoms with Crippen molar-refractivity contribution in [2.75, 3.05) is 6.61 Å². The summed E-state index contributed by atoms with van der Waals surface area (Å²) >= 11 is 0. The molecule has 0 bridgehead atoms. The molecule has 1 aromatic carbocycles. The number of benzene rings is 1. The van der Waals surface area contributed by atoms with E-state index >= 15 is 0 Å². The zero-order chi connectivity index (χ0) is 15.1. The number of carbonyl (C=O) groups is 1. The Morgan fingerprint density at radius 3 is 2.35 bits per heavy atom. The van der Waals surface area contributed by atoms with Gasteiger partial charge in [0.15, 0.2) is 5.76 Å². The molecule has 0 spiro atoms. The highest BCUT2D eigenvalue weighted by molar-refractivity contribution is 5.95. The van der Waals surface area contributed by atoms with Crippen molar-refractivity contribution in [3.8, 4) is 5.75 Å². The third-order valence-electron chi connectivity index (χ3n) is 2.28.